The van der Waals surface area contributed by atoms with Gasteiger partial charge in [0.15, 0.2) is 0 Å². The van der Waals surface area contributed by atoms with Crippen molar-refractivity contribution in [2.75, 3.05) is 26.4 Å². The van der Waals surface area contributed by atoms with Crippen LogP contribution in [0.2, 0.25) is 0 Å². The number of ether oxygens (including phenoxy) is 3. The van der Waals surface area contributed by atoms with Gasteiger partial charge in [-0.3, -0.25) is 4.79 Å². The molecule has 0 aliphatic heterocycles. The molecule has 0 aromatic heterocycles. The van der Waals surface area contributed by atoms with Crippen LogP contribution >= 0.6 is 0 Å². The van der Waals surface area contributed by atoms with Crippen LogP contribution in [0.1, 0.15) is 53.9 Å². The van der Waals surface area contributed by atoms with Crippen LogP contribution in [0.25, 0.3) is 0 Å². The Morgan fingerprint density at radius 1 is 0.950 bits per heavy atom. The Labute approximate surface area is 123 Å². The van der Waals surface area contributed by atoms with Crippen molar-refractivity contribution in [2.45, 2.75) is 65.1 Å². The van der Waals surface area contributed by atoms with Crippen molar-refractivity contribution in [3.8, 4) is 0 Å². The van der Waals surface area contributed by atoms with E-state index in [-0.39, 0.29) is 17.8 Å². The number of primary amides is 1. The van der Waals surface area contributed by atoms with Crippen molar-refractivity contribution in [1.29, 1.82) is 0 Å². The molecule has 0 atom stereocenters. The third-order valence-electron chi connectivity index (χ3n) is 2.99. The van der Waals surface area contributed by atoms with E-state index in [1.165, 1.54) is 0 Å². The summed E-state index contributed by atoms with van der Waals surface area (Å²) < 4.78 is 16.8. The molecule has 120 valence electrons. The van der Waals surface area contributed by atoms with E-state index in [1.54, 1.807) is 0 Å². The summed E-state index contributed by atoms with van der Waals surface area (Å²) >= 11 is 0. The smallest absolute Gasteiger partial charge is 0.243 e. The molecule has 0 aliphatic carbocycles. The van der Waals surface area contributed by atoms with E-state index in [1.807, 2.05) is 13.8 Å². The van der Waals surface area contributed by atoms with Crippen LogP contribution in [-0.2, 0) is 19.0 Å². The van der Waals surface area contributed by atoms with Gasteiger partial charge in [0.05, 0.1) is 17.8 Å². The molecule has 0 unspecified atom stereocenters. The Bertz CT molecular complexity index is 277. The quantitative estimate of drug-likeness (QED) is 0.559. The van der Waals surface area contributed by atoms with Gasteiger partial charge in [-0.05, 0) is 47.0 Å². The van der Waals surface area contributed by atoms with Crippen LogP contribution in [0, 0.1) is 0 Å². The van der Waals surface area contributed by atoms with Crippen molar-refractivity contribution < 1.29 is 19.0 Å². The van der Waals surface area contributed by atoms with Crippen molar-refractivity contribution in [3.05, 3.63) is 0 Å². The number of amides is 1. The number of nitrogens with two attached hydrogens (primary N) is 1. The SMILES string of the molecule is CCCOC(C)(C)CCOC(C)(C)CCOCC(N)=O. The second-order valence-electron chi connectivity index (χ2n) is 6.24. The van der Waals surface area contributed by atoms with Crippen LogP contribution in [-0.4, -0.2) is 43.5 Å². The monoisotopic (exact) mass is 289 g/mol. The van der Waals surface area contributed by atoms with E-state index in [2.05, 4.69) is 20.8 Å². The summed E-state index contributed by atoms with van der Waals surface area (Å²) in [5.74, 6) is -0.446. The van der Waals surface area contributed by atoms with E-state index in [4.69, 9.17) is 19.9 Å². The average molecular weight is 289 g/mol. The lowest BCUT2D eigenvalue weighted by atomic mass is 10.0. The first-order valence-corrected chi connectivity index (χ1v) is 7.32. The highest BCUT2D eigenvalue weighted by molar-refractivity contribution is 5.74. The predicted molar refractivity (Wildman–Crippen MR) is 79.6 cm³/mol. The molecule has 0 spiro atoms. The molecule has 0 heterocycles. The van der Waals surface area contributed by atoms with Crippen LogP contribution in [0.5, 0.6) is 0 Å². The van der Waals surface area contributed by atoms with E-state index in [0.29, 0.717) is 13.2 Å². The van der Waals surface area contributed by atoms with E-state index < -0.39 is 5.91 Å². The van der Waals surface area contributed by atoms with Gasteiger partial charge >= 0.3 is 0 Å². The zero-order valence-electron chi connectivity index (χ0n) is 13.7. The summed E-state index contributed by atoms with van der Waals surface area (Å²) in [6.07, 6.45) is 2.59. The maximum Gasteiger partial charge on any atom is 0.243 e. The lowest BCUT2D eigenvalue weighted by Gasteiger charge is -2.29. The van der Waals surface area contributed by atoms with Crippen molar-refractivity contribution in [2.24, 2.45) is 5.73 Å². The Morgan fingerprint density at radius 3 is 1.95 bits per heavy atom. The van der Waals surface area contributed by atoms with Gasteiger partial charge < -0.3 is 19.9 Å². The zero-order chi connectivity index (χ0) is 15.6. The van der Waals surface area contributed by atoms with Gasteiger partial charge in [-0.15, -0.1) is 0 Å². The molecular weight excluding hydrogens is 258 g/mol. The van der Waals surface area contributed by atoms with Crippen molar-refractivity contribution >= 4 is 5.91 Å². The third-order valence-corrected chi connectivity index (χ3v) is 2.99. The lowest BCUT2D eigenvalue weighted by Crippen LogP contribution is -2.32. The predicted octanol–water partition coefficient (Wildman–Crippen LogP) is 2.27. The molecule has 0 aliphatic rings. The van der Waals surface area contributed by atoms with Gasteiger partial charge in [0.1, 0.15) is 6.61 Å². The number of carbonyl (C=O) groups excluding carboxylic acids is 1. The molecule has 0 saturated carbocycles. The fourth-order valence-corrected chi connectivity index (χ4v) is 1.59. The molecule has 0 rings (SSSR count). The number of hydrogen-bond donors (Lipinski definition) is 1. The Balaban J connectivity index is 3.82. The summed E-state index contributed by atoms with van der Waals surface area (Å²) in [6, 6.07) is 0. The first-order chi connectivity index (χ1) is 9.18. The van der Waals surface area contributed by atoms with Crippen molar-refractivity contribution in [3.63, 3.8) is 0 Å². The van der Waals surface area contributed by atoms with E-state index in [0.717, 1.165) is 25.9 Å². The molecule has 2 N–H and O–H groups in total. The Morgan fingerprint density at radius 2 is 1.45 bits per heavy atom. The summed E-state index contributed by atoms with van der Waals surface area (Å²) in [6.45, 7) is 12.1. The second-order valence-corrected chi connectivity index (χ2v) is 6.24. The standard InChI is InChI=1S/C15H31NO4/c1-6-9-19-15(4,5)8-11-20-14(2,3)7-10-18-12-13(16)17/h6-12H2,1-5H3,(H2,16,17). The van der Waals surface area contributed by atoms with Crippen LogP contribution in [0.3, 0.4) is 0 Å². The summed E-state index contributed by atoms with van der Waals surface area (Å²) in [7, 11) is 0. The zero-order valence-corrected chi connectivity index (χ0v) is 13.7. The van der Waals surface area contributed by atoms with Crippen molar-refractivity contribution in [1.82, 2.24) is 0 Å². The normalized spacial score (nSPS) is 12.7. The highest BCUT2D eigenvalue weighted by Crippen LogP contribution is 2.19. The van der Waals surface area contributed by atoms with E-state index >= 15 is 0 Å². The number of rotatable bonds is 12. The molecule has 20 heavy (non-hydrogen) atoms. The van der Waals surface area contributed by atoms with Gasteiger partial charge in [0, 0.05) is 13.2 Å². The second kappa shape index (κ2) is 9.32. The number of hydrogen-bond acceptors (Lipinski definition) is 4. The largest absolute Gasteiger partial charge is 0.375 e. The molecule has 0 fully saturated rings. The summed E-state index contributed by atoms with van der Waals surface area (Å²) in [4.78, 5) is 10.5. The third kappa shape index (κ3) is 11.2. The molecule has 0 bridgehead atoms. The molecular formula is C15H31NO4. The maximum atomic E-state index is 10.5. The highest BCUT2D eigenvalue weighted by atomic mass is 16.5. The summed E-state index contributed by atoms with van der Waals surface area (Å²) in [5, 5.41) is 0. The topological polar surface area (TPSA) is 70.8 Å². The minimum Gasteiger partial charge on any atom is -0.375 e. The average Bonchev–Trinajstić information content (AvgIpc) is 2.31. The highest BCUT2D eigenvalue weighted by Gasteiger charge is 2.22. The van der Waals surface area contributed by atoms with Gasteiger partial charge in [-0.25, -0.2) is 0 Å². The molecule has 0 aromatic carbocycles. The van der Waals surface area contributed by atoms with Crippen LogP contribution in [0.15, 0.2) is 0 Å². The Kier molecular flexibility index (Phi) is 9.01. The van der Waals surface area contributed by atoms with Gasteiger partial charge in [-0.2, -0.15) is 0 Å². The van der Waals surface area contributed by atoms with Crippen LogP contribution in [0.4, 0.5) is 0 Å². The molecule has 0 radical (unpaired) electrons. The minimum atomic E-state index is -0.446. The molecule has 5 heteroatoms. The first-order valence-electron chi connectivity index (χ1n) is 7.32. The molecule has 0 saturated heterocycles. The number of carbonyl (C=O) groups is 1. The van der Waals surface area contributed by atoms with Gasteiger partial charge in [0.2, 0.25) is 5.91 Å². The minimum absolute atomic E-state index is 0.0338. The Hall–Kier alpha value is -0.650. The first kappa shape index (κ1) is 19.4. The fourth-order valence-electron chi connectivity index (χ4n) is 1.59. The molecule has 0 aromatic rings. The lowest BCUT2D eigenvalue weighted by molar-refractivity contribution is -0.123. The van der Waals surface area contributed by atoms with Gasteiger partial charge in [-0.1, -0.05) is 6.92 Å². The maximum absolute atomic E-state index is 10.5. The molecule has 5 nitrogen and oxygen atoms in total. The fraction of sp³-hybridized carbons (Fsp3) is 0.933. The molecule has 1 amide bonds. The van der Waals surface area contributed by atoms with Crippen LogP contribution < -0.4 is 5.73 Å². The summed E-state index contributed by atoms with van der Waals surface area (Å²) in [5.41, 5.74) is 4.56. The van der Waals surface area contributed by atoms with Gasteiger partial charge in [0.25, 0.3) is 0 Å². The van der Waals surface area contributed by atoms with E-state index in [9.17, 15) is 4.79 Å².